The molecule has 0 spiro atoms. The van der Waals surface area contributed by atoms with Gasteiger partial charge in [-0.25, -0.2) is 0 Å². The fourth-order valence-electron chi connectivity index (χ4n) is 3.21. The predicted octanol–water partition coefficient (Wildman–Crippen LogP) is 6.48. The third kappa shape index (κ3) is 3.83. The van der Waals surface area contributed by atoms with Crippen LogP contribution in [0.15, 0.2) is 72.8 Å². The molecule has 27 heavy (non-hydrogen) atoms. The first kappa shape index (κ1) is 18.3. The van der Waals surface area contributed by atoms with Crippen molar-refractivity contribution in [3.05, 3.63) is 89.5 Å². The van der Waals surface area contributed by atoms with Gasteiger partial charge >= 0.3 is 0 Å². The molecule has 4 heteroatoms. The monoisotopic (exact) mass is 394 g/mol. The summed E-state index contributed by atoms with van der Waals surface area (Å²) in [6.45, 7) is 2.14. The highest BCUT2D eigenvalue weighted by atomic mass is 32.2. The van der Waals surface area contributed by atoms with Gasteiger partial charge in [0.05, 0.1) is 7.11 Å². The molecule has 3 aromatic carbocycles. The van der Waals surface area contributed by atoms with E-state index in [4.69, 9.17) is 9.47 Å². The van der Waals surface area contributed by atoms with Crippen LogP contribution in [0, 0.1) is 6.92 Å². The minimum Gasteiger partial charge on any atom is -0.497 e. The van der Waals surface area contributed by atoms with Crippen LogP contribution in [-0.2, 0) is 4.08 Å². The Hall–Kier alpha value is -2.04. The zero-order valence-electron chi connectivity index (χ0n) is 15.5. The van der Waals surface area contributed by atoms with Crippen molar-refractivity contribution in [2.24, 2.45) is 0 Å². The number of hydrogen-bond donors (Lipinski definition) is 0. The molecule has 0 aliphatic carbocycles. The minimum absolute atomic E-state index is 0.0215. The van der Waals surface area contributed by atoms with Crippen LogP contribution in [0.1, 0.15) is 16.7 Å². The lowest BCUT2D eigenvalue weighted by Gasteiger charge is -2.29. The minimum atomic E-state index is -0.0215. The summed E-state index contributed by atoms with van der Waals surface area (Å²) in [6, 6.07) is 25.1. The van der Waals surface area contributed by atoms with E-state index in [1.54, 1.807) is 7.11 Å². The number of aryl methyl sites for hydroxylation is 1. The van der Waals surface area contributed by atoms with Gasteiger partial charge in [0.15, 0.2) is 0 Å². The van der Waals surface area contributed by atoms with E-state index >= 15 is 0 Å². The standard InChI is InChI=1S/C23H22O2S2/c1-17-3-5-18(6-4-17)23(26-15-16-27-23)19-7-9-21(10-8-19)25-22-13-11-20(24-2)12-14-22/h3-14H,15-16H2,1-2H3. The lowest BCUT2D eigenvalue weighted by molar-refractivity contribution is 0.413. The molecule has 3 aromatic rings. The molecule has 1 aliphatic heterocycles. The Labute approximate surface area is 169 Å². The Kier molecular flexibility index (Phi) is 5.37. The Morgan fingerprint density at radius 1 is 0.667 bits per heavy atom. The molecule has 2 nitrogen and oxygen atoms in total. The summed E-state index contributed by atoms with van der Waals surface area (Å²) in [7, 11) is 1.66. The molecule has 0 bridgehead atoms. The van der Waals surface area contributed by atoms with Gasteiger partial charge in [0.25, 0.3) is 0 Å². The van der Waals surface area contributed by atoms with Crippen LogP contribution in [0.25, 0.3) is 0 Å². The van der Waals surface area contributed by atoms with Crippen LogP contribution < -0.4 is 9.47 Å². The number of ether oxygens (including phenoxy) is 2. The average Bonchev–Trinajstić information content (AvgIpc) is 3.21. The molecular formula is C23H22O2S2. The number of methoxy groups -OCH3 is 1. The van der Waals surface area contributed by atoms with Crippen molar-refractivity contribution >= 4 is 23.5 Å². The fraction of sp³-hybridized carbons (Fsp3) is 0.217. The van der Waals surface area contributed by atoms with Gasteiger partial charge in [-0.1, -0.05) is 42.0 Å². The highest BCUT2D eigenvalue weighted by Gasteiger charge is 2.39. The van der Waals surface area contributed by atoms with Crippen molar-refractivity contribution in [2.45, 2.75) is 11.0 Å². The van der Waals surface area contributed by atoms with Crippen molar-refractivity contribution in [2.75, 3.05) is 18.6 Å². The molecule has 0 radical (unpaired) electrons. The van der Waals surface area contributed by atoms with Gasteiger partial charge in [0.2, 0.25) is 0 Å². The second-order valence-electron chi connectivity index (χ2n) is 6.48. The molecule has 1 fully saturated rings. The van der Waals surface area contributed by atoms with Gasteiger partial charge in [-0.3, -0.25) is 0 Å². The molecule has 1 saturated heterocycles. The SMILES string of the molecule is COc1ccc(Oc2ccc(C3(c4ccc(C)cc4)SCCS3)cc2)cc1. The molecule has 0 aromatic heterocycles. The molecular weight excluding hydrogens is 372 g/mol. The van der Waals surface area contributed by atoms with E-state index in [2.05, 4.69) is 55.5 Å². The number of benzene rings is 3. The Balaban J connectivity index is 1.58. The zero-order valence-corrected chi connectivity index (χ0v) is 17.1. The van der Waals surface area contributed by atoms with Gasteiger partial charge < -0.3 is 9.47 Å². The Morgan fingerprint density at radius 2 is 1.11 bits per heavy atom. The van der Waals surface area contributed by atoms with Crippen molar-refractivity contribution in [3.63, 3.8) is 0 Å². The van der Waals surface area contributed by atoms with Crippen LogP contribution in [0.5, 0.6) is 17.2 Å². The van der Waals surface area contributed by atoms with E-state index in [0.29, 0.717) is 0 Å². The molecule has 0 atom stereocenters. The lowest BCUT2D eigenvalue weighted by Crippen LogP contribution is -2.16. The molecule has 0 N–H and O–H groups in total. The summed E-state index contributed by atoms with van der Waals surface area (Å²) < 4.78 is 11.2. The lowest BCUT2D eigenvalue weighted by atomic mass is 10.0. The summed E-state index contributed by atoms with van der Waals surface area (Å²) in [5, 5.41) is 0. The maximum absolute atomic E-state index is 5.98. The van der Waals surface area contributed by atoms with Crippen LogP contribution in [0.3, 0.4) is 0 Å². The molecule has 1 aliphatic rings. The molecule has 0 unspecified atom stereocenters. The van der Waals surface area contributed by atoms with Crippen LogP contribution in [0.2, 0.25) is 0 Å². The molecule has 4 rings (SSSR count). The largest absolute Gasteiger partial charge is 0.497 e. The highest BCUT2D eigenvalue weighted by Crippen LogP contribution is 2.56. The summed E-state index contributed by atoms with van der Waals surface area (Å²) in [5.41, 5.74) is 3.98. The maximum Gasteiger partial charge on any atom is 0.127 e. The van der Waals surface area contributed by atoms with Crippen molar-refractivity contribution in [1.29, 1.82) is 0 Å². The normalized spacial score (nSPS) is 15.5. The number of hydrogen-bond acceptors (Lipinski definition) is 4. The predicted molar refractivity (Wildman–Crippen MR) is 116 cm³/mol. The quantitative estimate of drug-likeness (QED) is 0.493. The average molecular weight is 395 g/mol. The first-order valence-electron chi connectivity index (χ1n) is 8.97. The third-order valence-electron chi connectivity index (χ3n) is 4.66. The van der Waals surface area contributed by atoms with Gasteiger partial charge in [-0.05, 0) is 54.4 Å². The molecule has 0 saturated carbocycles. The molecule has 0 amide bonds. The maximum atomic E-state index is 5.98. The first-order chi connectivity index (χ1) is 13.2. The summed E-state index contributed by atoms with van der Waals surface area (Å²) in [6.07, 6.45) is 0. The smallest absolute Gasteiger partial charge is 0.127 e. The summed E-state index contributed by atoms with van der Waals surface area (Å²) >= 11 is 4.05. The van der Waals surface area contributed by atoms with Crippen LogP contribution in [0.4, 0.5) is 0 Å². The van der Waals surface area contributed by atoms with Crippen LogP contribution in [-0.4, -0.2) is 18.6 Å². The van der Waals surface area contributed by atoms with E-state index in [1.165, 1.54) is 28.2 Å². The van der Waals surface area contributed by atoms with Gasteiger partial charge in [-0.2, -0.15) is 0 Å². The topological polar surface area (TPSA) is 18.5 Å². The van der Waals surface area contributed by atoms with E-state index in [1.807, 2.05) is 47.8 Å². The number of thioether (sulfide) groups is 2. The Morgan fingerprint density at radius 3 is 1.63 bits per heavy atom. The van der Waals surface area contributed by atoms with Gasteiger partial charge in [-0.15, -0.1) is 23.5 Å². The van der Waals surface area contributed by atoms with E-state index in [9.17, 15) is 0 Å². The van der Waals surface area contributed by atoms with Crippen LogP contribution >= 0.6 is 23.5 Å². The van der Waals surface area contributed by atoms with Gasteiger partial charge in [0, 0.05) is 11.5 Å². The second kappa shape index (κ2) is 7.91. The van der Waals surface area contributed by atoms with Crippen molar-refractivity contribution in [1.82, 2.24) is 0 Å². The second-order valence-corrected chi connectivity index (χ2v) is 9.36. The van der Waals surface area contributed by atoms with Crippen molar-refractivity contribution in [3.8, 4) is 17.2 Å². The number of rotatable bonds is 5. The van der Waals surface area contributed by atoms with E-state index < -0.39 is 0 Å². The van der Waals surface area contributed by atoms with Crippen molar-refractivity contribution < 1.29 is 9.47 Å². The Bertz CT molecular complexity index is 881. The highest BCUT2D eigenvalue weighted by molar-refractivity contribution is 8.20. The van der Waals surface area contributed by atoms with E-state index in [0.717, 1.165) is 17.2 Å². The summed E-state index contributed by atoms with van der Waals surface area (Å²) in [5.74, 6) is 4.82. The molecule has 138 valence electrons. The fourth-order valence-corrected chi connectivity index (χ4v) is 6.49. The summed E-state index contributed by atoms with van der Waals surface area (Å²) in [4.78, 5) is 0. The van der Waals surface area contributed by atoms with Gasteiger partial charge in [0.1, 0.15) is 21.3 Å². The first-order valence-corrected chi connectivity index (χ1v) is 10.9. The molecule has 1 heterocycles. The van der Waals surface area contributed by atoms with E-state index in [-0.39, 0.29) is 4.08 Å². The zero-order chi connectivity index (χ0) is 18.7. The third-order valence-corrected chi connectivity index (χ3v) is 8.19.